The second-order valence-corrected chi connectivity index (χ2v) is 6.84. The number of aromatic nitrogens is 1. The molecule has 2 aliphatic rings. The lowest BCUT2D eigenvalue weighted by atomic mass is 10.2. The summed E-state index contributed by atoms with van der Waals surface area (Å²) >= 11 is 1.41. The first-order chi connectivity index (χ1) is 10.3. The highest BCUT2D eigenvalue weighted by Crippen LogP contribution is 2.59. The summed E-state index contributed by atoms with van der Waals surface area (Å²) in [6, 6.07) is 3.61. The average molecular weight is 328 g/mol. The van der Waals surface area contributed by atoms with Crippen molar-refractivity contribution in [2.24, 2.45) is 11.8 Å². The lowest BCUT2D eigenvalue weighted by Gasteiger charge is -2.14. The van der Waals surface area contributed by atoms with Crippen LogP contribution in [0.1, 0.15) is 16.5 Å². The van der Waals surface area contributed by atoms with E-state index in [0.717, 1.165) is 21.8 Å². The molecule has 3 atom stereocenters. The molecule has 22 heavy (non-hydrogen) atoms. The zero-order valence-corrected chi connectivity index (χ0v) is 12.0. The van der Waals surface area contributed by atoms with Gasteiger partial charge >= 0.3 is 12.3 Å². The van der Waals surface area contributed by atoms with Crippen LogP contribution in [0.15, 0.2) is 18.2 Å². The molecule has 0 spiro atoms. The van der Waals surface area contributed by atoms with Crippen molar-refractivity contribution in [2.75, 3.05) is 13.1 Å². The Morgan fingerprint density at radius 1 is 1.32 bits per heavy atom. The number of alkyl halides is 3. The summed E-state index contributed by atoms with van der Waals surface area (Å²) in [4.78, 5) is 16.6. The quantitative estimate of drug-likeness (QED) is 0.869. The van der Waals surface area contributed by atoms with Crippen molar-refractivity contribution in [3.05, 3.63) is 28.8 Å². The number of hydrogen-bond donors (Lipinski definition) is 1. The molecule has 8 heteroatoms. The van der Waals surface area contributed by atoms with E-state index in [4.69, 9.17) is 5.11 Å². The summed E-state index contributed by atoms with van der Waals surface area (Å²) in [5, 5.41) is 9.76. The number of thiazole rings is 1. The minimum absolute atomic E-state index is 0.197. The maximum absolute atomic E-state index is 12.7. The van der Waals surface area contributed by atoms with Crippen LogP contribution in [0.4, 0.5) is 18.0 Å². The molecule has 2 fully saturated rings. The van der Waals surface area contributed by atoms with Gasteiger partial charge in [0.15, 0.2) is 0 Å². The van der Waals surface area contributed by atoms with Gasteiger partial charge in [0.05, 0.1) is 20.8 Å². The van der Waals surface area contributed by atoms with Crippen LogP contribution in [0.25, 0.3) is 10.2 Å². The van der Waals surface area contributed by atoms with Crippen LogP contribution >= 0.6 is 11.3 Å². The zero-order valence-electron chi connectivity index (χ0n) is 11.2. The number of carbonyl (C=O) groups is 1. The summed E-state index contributed by atoms with van der Waals surface area (Å²) in [7, 11) is 0. The Labute approximate surface area is 127 Å². The number of nitrogens with zero attached hydrogens (tertiary/aromatic N) is 2. The second kappa shape index (κ2) is 4.34. The van der Waals surface area contributed by atoms with Gasteiger partial charge in [-0.25, -0.2) is 9.78 Å². The van der Waals surface area contributed by atoms with Crippen LogP contribution in [0.5, 0.6) is 0 Å². The third-order valence-corrected chi connectivity index (χ3v) is 5.62. The lowest BCUT2D eigenvalue weighted by molar-refractivity contribution is -0.137. The summed E-state index contributed by atoms with van der Waals surface area (Å²) in [5.41, 5.74) is -0.320. The van der Waals surface area contributed by atoms with Crippen LogP contribution in [0.3, 0.4) is 0 Å². The second-order valence-electron chi connectivity index (χ2n) is 5.77. The SMILES string of the molecule is O=C(O)N1C[C@@H]2[C@H](C1)[C@@H]2c1nc2cc(C(F)(F)F)ccc2s1. The molecule has 1 N–H and O–H groups in total. The molecule has 1 aromatic heterocycles. The minimum Gasteiger partial charge on any atom is -0.465 e. The highest BCUT2D eigenvalue weighted by molar-refractivity contribution is 7.18. The molecular weight excluding hydrogens is 317 g/mol. The number of halogens is 3. The first-order valence-corrected chi connectivity index (χ1v) is 7.62. The van der Waals surface area contributed by atoms with Crippen LogP contribution in [0.2, 0.25) is 0 Å². The van der Waals surface area contributed by atoms with Crippen LogP contribution in [-0.4, -0.2) is 34.2 Å². The van der Waals surface area contributed by atoms with Gasteiger partial charge in [0.1, 0.15) is 0 Å². The third-order valence-electron chi connectivity index (χ3n) is 4.48. The number of likely N-dealkylation sites (tertiary alicyclic amines) is 1. The van der Waals surface area contributed by atoms with Gasteiger partial charge in [0.2, 0.25) is 0 Å². The molecule has 0 bridgehead atoms. The van der Waals surface area contributed by atoms with E-state index in [1.807, 2.05) is 0 Å². The van der Waals surface area contributed by atoms with Crippen molar-refractivity contribution in [3.63, 3.8) is 0 Å². The molecule has 116 valence electrons. The van der Waals surface area contributed by atoms with E-state index < -0.39 is 17.8 Å². The van der Waals surface area contributed by atoms with Gasteiger partial charge in [0.25, 0.3) is 0 Å². The molecule has 1 aromatic carbocycles. The molecule has 1 aliphatic heterocycles. The predicted octanol–water partition coefficient (Wildman–Crippen LogP) is 3.64. The molecule has 1 amide bonds. The van der Waals surface area contributed by atoms with Gasteiger partial charge < -0.3 is 10.0 Å². The number of amides is 1. The van der Waals surface area contributed by atoms with Gasteiger partial charge in [-0.15, -0.1) is 11.3 Å². The smallest absolute Gasteiger partial charge is 0.416 e. The van der Waals surface area contributed by atoms with Crippen LogP contribution in [0, 0.1) is 11.8 Å². The van der Waals surface area contributed by atoms with E-state index in [1.165, 1.54) is 22.3 Å². The van der Waals surface area contributed by atoms with Crippen molar-refractivity contribution < 1.29 is 23.1 Å². The number of piperidine rings is 1. The molecule has 2 heterocycles. The van der Waals surface area contributed by atoms with E-state index in [9.17, 15) is 18.0 Å². The minimum atomic E-state index is -4.37. The highest BCUT2D eigenvalue weighted by atomic mass is 32.1. The fraction of sp³-hybridized carbons (Fsp3) is 0.429. The summed E-state index contributed by atoms with van der Waals surface area (Å²) in [5.74, 6) is 0.722. The van der Waals surface area contributed by atoms with Gasteiger partial charge in [-0.3, -0.25) is 0 Å². The Hall–Kier alpha value is -1.83. The number of rotatable bonds is 1. The molecule has 4 nitrogen and oxygen atoms in total. The standard InChI is InChI=1S/C14H11F3N2O2S/c15-14(16,17)6-1-2-10-9(3-6)18-12(22-10)11-7-4-19(13(20)21)5-8(7)11/h1-3,7-8,11H,4-5H2,(H,20,21)/t7-,8+,11-. The third kappa shape index (κ3) is 2.05. The normalized spacial score (nSPS) is 27.2. The molecule has 0 radical (unpaired) electrons. The molecular formula is C14H11F3N2O2S. The summed E-state index contributed by atoms with van der Waals surface area (Å²) in [6.07, 6.45) is -5.28. The molecule has 2 aromatic rings. The first kappa shape index (κ1) is 13.8. The van der Waals surface area contributed by atoms with Crippen molar-refractivity contribution in [1.82, 2.24) is 9.88 Å². The van der Waals surface area contributed by atoms with Crippen molar-refractivity contribution in [2.45, 2.75) is 12.1 Å². The Morgan fingerprint density at radius 3 is 2.59 bits per heavy atom. The maximum atomic E-state index is 12.7. The Bertz CT molecular complexity index is 761. The van der Waals surface area contributed by atoms with E-state index in [2.05, 4.69) is 4.98 Å². The highest BCUT2D eigenvalue weighted by Gasteiger charge is 2.58. The van der Waals surface area contributed by atoms with Gasteiger partial charge in [-0.2, -0.15) is 13.2 Å². The van der Waals surface area contributed by atoms with Crippen molar-refractivity contribution in [1.29, 1.82) is 0 Å². The van der Waals surface area contributed by atoms with E-state index in [0.29, 0.717) is 18.6 Å². The number of carboxylic acid groups (broad SMARTS) is 1. The Balaban J connectivity index is 1.59. The number of fused-ring (bicyclic) bond motifs is 2. The topological polar surface area (TPSA) is 53.4 Å². The van der Waals surface area contributed by atoms with Crippen molar-refractivity contribution in [3.8, 4) is 0 Å². The lowest BCUT2D eigenvalue weighted by Crippen LogP contribution is -2.29. The Morgan fingerprint density at radius 2 is 2.00 bits per heavy atom. The maximum Gasteiger partial charge on any atom is 0.416 e. The largest absolute Gasteiger partial charge is 0.465 e. The number of hydrogen-bond acceptors (Lipinski definition) is 3. The average Bonchev–Trinajstić information content (AvgIpc) is 2.84. The zero-order chi connectivity index (χ0) is 15.6. The fourth-order valence-corrected chi connectivity index (χ4v) is 4.51. The van der Waals surface area contributed by atoms with Crippen LogP contribution < -0.4 is 0 Å². The van der Waals surface area contributed by atoms with Crippen LogP contribution in [-0.2, 0) is 6.18 Å². The molecule has 0 unspecified atom stereocenters. The predicted molar refractivity (Wildman–Crippen MR) is 73.9 cm³/mol. The first-order valence-electron chi connectivity index (χ1n) is 6.80. The van der Waals surface area contributed by atoms with Crippen molar-refractivity contribution >= 4 is 27.6 Å². The monoisotopic (exact) mass is 328 g/mol. The summed E-state index contributed by atoms with van der Waals surface area (Å²) in [6.45, 7) is 0.989. The van der Waals surface area contributed by atoms with Gasteiger partial charge in [-0.1, -0.05) is 0 Å². The molecule has 1 saturated heterocycles. The fourth-order valence-electron chi connectivity index (χ4n) is 3.31. The van der Waals surface area contributed by atoms with Gasteiger partial charge in [-0.05, 0) is 30.0 Å². The van der Waals surface area contributed by atoms with E-state index in [1.54, 1.807) is 0 Å². The van der Waals surface area contributed by atoms with E-state index in [-0.39, 0.29) is 17.8 Å². The number of benzene rings is 1. The Kier molecular flexibility index (Phi) is 2.73. The van der Waals surface area contributed by atoms with E-state index >= 15 is 0 Å². The summed E-state index contributed by atoms with van der Waals surface area (Å²) < 4.78 is 38.9. The molecule has 1 saturated carbocycles. The molecule has 4 rings (SSSR count). The van der Waals surface area contributed by atoms with Gasteiger partial charge in [0, 0.05) is 19.0 Å². The molecule has 1 aliphatic carbocycles.